The van der Waals surface area contributed by atoms with Crippen LogP contribution in [0.2, 0.25) is 0 Å². The lowest BCUT2D eigenvalue weighted by molar-refractivity contribution is 0.355. The fraction of sp³-hybridized carbons (Fsp3) is 0.286. The molecule has 5 nitrogen and oxygen atoms in total. The van der Waals surface area contributed by atoms with Gasteiger partial charge in [0.15, 0.2) is 11.5 Å². The van der Waals surface area contributed by atoms with Gasteiger partial charge in [0.05, 0.1) is 26.5 Å². The first-order chi connectivity index (χ1) is 9.28. The molecule has 0 saturated heterocycles. The molecule has 0 aliphatic carbocycles. The van der Waals surface area contributed by atoms with E-state index in [9.17, 15) is 0 Å². The number of anilines is 1. The van der Waals surface area contributed by atoms with Crippen LogP contribution in [0.15, 0.2) is 41.0 Å². The van der Waals surface area contributed by atoms with Crippen LogP contribution >= 0.6 is 0 Å². The Morgan fingerprint density at radius 2 is 2.00 bits per heavy atom. The summed E-state index contributed by atoms with van der Waals surface area (Å²) in [6, 6.07) is 9.28. The molecule has 1 heterocycles. The highest BCUT2D eigenvalue weighted by molar-refractivity contribution is 5.55. The Bertz CT molecular complexity index is 511. The van der Waals surface area contributed by atoms with E-state index in [2.05, 4.69) is 5.32 Å². The molecule has 0 spiro atoms. The highest BCUT2D eigenvalue weighted by Gasteiger charge is 2.13. The smallest absolute Gasteiger partial charge is 0.162 e. The molecular formula is C14H18N2O3. The summed E-state index contributed by atoms with van der Waals surface area (Å²) in [5, 5.41) is 3.30. The number of furan rings is 1. The molecule has 0 amide bonds. The van der Waals surface area contributed by atoms with E-state index in [0.717, 1.165) is 11.4 Å². The van der Waals surface area contributed by atoms with Crippen molar-refractivity contribution in [3.63, 3.8) is 0 Å². The molecule has 0 aliphatic heterocycles. The standard InChI is InChI=1S/C14H18N2O3/c1-17-13-6-5-10(8-14(13)18-2)16-11(9-15)12-4-3-7-19-12/h3-8,11,16H,9,15H2,1-2H3. The molecule has 0 saturated carbocycles. The molecule has 2 rings (SSSR count). The Morgan fingerprint density at radius 3 is 2.58 bits per heavy atom. The van der Waals surface area contributed by atoms with Gasteiger partial charge in [0.1, 0.15) is 5.76 Å². The topological polar surface area (TPSA) is 69.7 Å². The molecule has 0 radical (unpaired) electrons. The summed E-state index contributed by atoms with van der Waals surface area (Å²) >= 11 is 0. The minimum atomic E-state index is -0.0758. The van der Waals surface area contributed by atoms with Crippen molar-refractivity contribution in [2.45, 2.75) is 6.04 Å². The molecule has 5 heteroatoms. The number of benzene rings is 1. The van der Waals surface area contributed by atoms with Gasteiger partial charge < -0.3 is 24.9 Å². The highest BCUT2D eigenvalue weighted by Crippen LogP contribution is 2.31. The Balaban J connectivity index is 2.18. The number of ether oxygens (including phenoxy) is 2. The fourth-order valence-corrected chi connectivity index (χ4v) is 1.86. The molecular weight excluding hydrogens is 244 g/mol. The van der Waals surface area contributed by atoms with Crippen molar-refractivity contribution in [1.82, 2.24) is 0 Å². The monoisotopic (exact) mass is 262 g/mol. The summed E-state index contributed by atoms with van der Waals surface area (Å²) in [6.07, 6.45) is 1.63. The van der Waals surface area contributed by atoms with Crippen molar-refractivity contribution >= 4 is 5.69 Å². The van der Waals surface area contributed by atoms with Gasteiger partial charge in [-0.15, -0.1) is 0 Å². The predicted octanol–water partition coefficient (Wildman–Crippen LogP) is 2.41. The van der Waals surface area contributed by atoms with Gasteiger partial charge in [0.2, 0.25) is 0 Å². The van der Waals surface area contributed by atoms with E-state index in [-0.39, 0.29) is 6.04 Å². The highest BCUT2D eigenvalue weighted by atomic mass is 16.5. The minimum absolute atomic E-state index is 0.0758. The molecule has 1 unspecified atom stereocenters. The normalized spacial score (nSPS) is 11.9. The molecule has 19 heavy (non-hydrogen) atoms. The van der Waals surface area contributed by atoms with E-state index in [1.165, 1.54) is 0 Å². The van der Waals surface area contributed by atoms with Crippen LogP contribution in [0.4, 0.5) is 5.69 Å². The first-order valence-electron chi connectivity index (χ1n) is 6.00. The second-order valence-corrected chi connectivity index (χ2v) is 4.02. The van der Waals surface area contributed by atoms with E-state index in [1.54, 1.807) is 20.5 Å². The van der Waals surface area contributed by atoms with Crippen molar-refractivity contribution in [2.24, 2.45) is 5.73 Å². The van der Waals surface area contributed by atoms with Gasteiger partial charge in [0, 0.05) is 18.3 Å². The zero-order valence-electron chi connectivity index (χ0n) is 11.1. The van der Waals surface area contributed by atoms with Gasteiger partial charge in [-0.2, -0.15) is 0 Å². The zero-order chi connectivity index (χ0) is 13.7. The first kappa shape index (κ1) is 13.3. The van der Waals surface area contributed by atoms with Gasteiger partial charge in [-0.05, 0) is 24.3 Å². The fourth-order valence-electron chi connectivity index (χ4n) is 1.86. The van der Waals surface area contributed by atoms with Crippen LogP contribution in [0.1, 0.15) is 11.8 Å². The molecule has 1 aromatic heterocycles. The van der Waals surface area contributed by atoms with Crippen molar-refractivity contribution in [1.29, 1.82) is 0 Å². The molecule has 2 aromatic rings. The number of hydrogen-bond acceptors (Lipinski definition) is 5. The van der Waals surface area contributed by atoms with Crippen LogP contribution in [0.5, 0.6) is 11.5 Å². The van der Waals surface area contributed by atoms with E-state index >= 15 is 0 Å². The van der Waals surface area contributed by atoms with Crippen LogP contribution in [-0.2, 0) is 0 Å². The number of rotatable bonds is 6. The van der Waals surface area contributed by atoms with Gasteiger partial charge >= 0.3 is 0 Å². The lowest BCUT2D eigenvalue weighted by Gasteiger charge is -2.17. The summed E-state index contributed by atoms with van der Waals surface area (Å²) in [6.45, 7) is 0.432. The van der Waals surface area contributed by atoms with Crippen LogP contribution < -0.4 is 20.5 Å². The summed E-state index contributed by atoms with van der Waals surface area (Å²) in [5.41, 5.74) is 6.65. The van der Waals surface area contributed by atoms with Crippen molar-refractivity contribution < 1.29 is 13.9 Å². The molecule has 102 valence electrons. The van der Waals surface area contributed by atoms with Crippen molar-refractivity contribution in [3.8, 4) is 11.5 Å². The maximum absolute atomic E-state index is 5.76. The summed E-state index contributed by atoms with van der Waals surface area (Å²) < 4.78 is 15.8. The number of nitrogens with two attached hydrogens (primary N) is 1. The molecule has 0 fully saturated rings. The van der Waals surface area contributed by atoms with Crippen LogP contribution in [0.25, 0.3) is 0 Å². The Kier molecular flexibility index (Phi) is 4.30. The van der Waals surface area contributed by atoms with Gasteiger partial charge in [-0.25, -0.2) is 0 Å². The van der Waals surface area contributed by atoms with E-state index in [4.69, 9.17) is 19.6 Å². The van der Waals surface area contributed by atoms with Crippen molar-refractivity contribution in [3.05, 3.63) is 42.4 Å². The van der Waals surface area contributed by atoms with Crippen LogP contribution in [0, 0.1) is 0 Å². The maximum Gasteiger partial charge on any atom is 0.162 e. The molecule has 0 aliphatic rings. The SMILES string of the molecule is COc1ccc(NC(CN)c2ccco2)cc1OC. The quantitative estimate of drug-likeness (QED) is 0.836. The largest absolute Gasteiger partial charge is 0.493 e. The average Bonchev–Trinajstić information content (AvgIpc) is 2.98. The molecule has 1 atom stereocenters. The third-order valence-corrected chi connectivity index (χ3v) is 2.85. The summed E-state index contributed by atoms with van der Waals surface area (Å²) in [5.74, 6) is 2.16. The number of methoxy groups -OCH3 is 2. The Hall–Kier alpha value is -2.14. The van der Waals surface area contributed by atoms with Crippen molar-refractivity contribution in [2.75, 3.05) is 26.1 Å². The zero-order valence-corrected chi connectivity index (χ0v) is 11.1. The van der Waals surface area contributed by atoms with E-state index < -0.39 is 0 Å². The molecule has 1 aromatic carbocycles. The lowest BCUT2D eigenvalue weighted by atomic mass is 10.2. The molecule has 3 N–H and O–H groups in total. The van der Waals surface area contributed by atoms with Gasteiger partial charge in [-0.3, -0.25) is 0 Å². The predicted molar refractivity (Wildman–Crippen MR) is 73.7 cm³/mol. The van der Waals surface area contributed by atoms with Gasteiger partial charge in [-0.1, -0.05) is 0 Å². The lowest BCUT2D eigenvalue weighted by Crippen LogP contribution is -2.20. The third kappa shape index (κ3) is 3.00. The van der Waals surface area contributed by atoms with E-state index in [1.807, 2.05) is 30.3 Å². The number of hydrogen-bond donors (Lipinski definition) is 2. The van der Waals surface area contributed by atoms with E-state index in [0.29, 0.717) is 18.0 Å². The molecule has 0 bridgehead atoms. The maximum atomic E-state index is 5.76. The third-order valence-electron chi connectivity index (χ3n) is 2.85. The second-order valence-electron chi connectivity index (χ2n) is 4.02. The number of nitrogens with one attached hydrogen (secondary N) is 1. The Labute approximate surface area is 112 Å². The first-order valence-corrected chi connectivity index (χ1v) is 6.00. The average molecular weight is 262 g/mol. The summed E-state index contributed by atoms with van der Waals surface area (Å²) in [4.78, 5) is 0. The summed E-state index contributed by atoms with van der Waals surface area (Å²) in [7, 11) is 3.21. The minimum Gasteiger partial charge on any atom is -0.493 e. The van der Waals surface area contributed by atoms with Crippen LogP contribution in [-0.4, -0.2) is 20.8 Å². The Morgan fingerprint density at radius 1 is 1.21 bits per heavy atom. The second kappa shape index (κ2) is 6.15. The van der Waals surface area contributed by atoms with Crippen LogP contribution in [0.3, 0.4) is 0 Å². The van der Waals surface area contributed by atoms with Gasteiger partial charge in [0.25, 0.3) is 0 Å².